The van der Waals surface area contributed by atoms with Gasteiger partial charge in [0.15, 0.2) is 0 Å². The fourth-order valence-electron chi connectivity index (χ4n) is 2.88. The van der Waals surface area contributed by atoms with Crippen molar-refractivity contribution >= 4 is 21.4 Å². The molecule has 2 N–H and O–H groups in total. The van der Waals surface area contributed by atoms with E-state index in [0.29, 0.717) is 18.0 Å². The molecule has 114 valence electrons. The van der Waals surface area contributed by atoms with Gasteiger partial charge in [-0.25, -0.2) is 13.1 Å². The lowest BCUT2D eigenvalue weighted by Crippen LogP contribution is -2.35. The summed E-state index contributed by atoms with van der Waals surface area (Å²) in [5.74, 6) is 0. The summed E-state index contributed by atoms with van der Waals surface area (Å²) in [7, 11) is -1.50. The molecule has 0 spiro atoms. The molecule has 1 aromatic rings. The van der Waals surface area contributed by atoms with Crippen molar-refractivity contribution in [1.29, 1.82) is 0 Å². The summed E-state index contributed by atoms with van der Waals surface area (Å²) < 4.78 is 27.5. The molecule has 1 fully saturated rings. The van der Waals surface area contributed by atoms with Crippen LogP contribution in [0.1, 0.15) is 43.9 Å². The highest BCUT2D eigenvalue weighted by atomic mass is 32.2. The van der Waals surface area contributed by atoms with Gasteiger partial charge in [0, 0.05) is 23.3 Å². The van der Waals surface area contributed by atoms with Gasteiger partial charge in [-0.05, 0) is 37.8 Å². The van der Waals surface area contributed by atoms with Crippen LogP contribution in [0.3, 0.4) is 0 Å². The van der Waals surface area contributed by atoms with Crippen LogP contribution in [0.25, 0.3) is 0 Å². The fourth-order valence-corrected chi connectivity index (χ4v) is 5.32. The third-order valence-corrected chi connectivity index (χ3v) is 6.81. The average Bonchev–Trinajstić information content (AvgIpc) is 3.07. The van der Waals surface area contributed by atoms with Crippen LogP contribution in [0.2, 0.25) is 0 Å². The molecule has 0 atom stereocenters. The van der Waals surface area contributed by atoms with Crippen molar-refractivity contribution in [2.75, 3.05) is 13.6 Å². The Bertz CT molecular complexity index is 531. The molecule has 0 radical (unpaired) electrons. The van der Waals surface area contributed by atoms with Gasteiger partial charge in [0.1, 0.15) is 0 Å². The first-order valence-corrected chi connectivity index (χ1v) is 9.59. The summed E-state index contributed by atoms with van der Waals surface area (Å²) in [4.78, 5) is 1.44. The third-order valence-electron chi connectivity index (χ3n) is 4.34. The minimum absolute atomic E-state index is 0.177. The van der Waals surface area contributed by atoms with E-state index in [2.05, 4.69) is 17.0 Å². The van der Waals surface area contributed by atoms with Crippen LogP contribution in [0, 0.1) is 5.41 Å². The molecule has 0 saturated heterocycles. The average molecular weight is 316 g/mol. The van der Waals surface area contributed by atoms with Crippen LogP contribution in [0.5, 0.6) is 0 Å². The summed E-state index contributed by atoms with van der Waals surface area (Å²) >= 11 is 1.48. The molecule has 1 aliphatic rings. The number of rotatable bonds is 7. The summed E-state index contributed by atoms with van der Waals surface area (Å²) in [6.45, 7) is 3.44. The highest BCUT2D eigenvalue weighted by molar-refractivity contribution is 7.89. The lowest BCUT2D eigenvalue weighted by Gasteiger charge is -2.27. The Labute approximate surface area is 126 Å². The van der Waals surface area contributed by atoms with E-state index in [4.69, 9.17) is 0 Å². The molecule has 1 heterocycles. The van der Waals surface area contributed by atoms with E-state index in [1.165, 1.54) is 24.2 Å². The molecular formula is C14H24N2O2S2. The number of hydrogen-bond donors (Lipinski definition) is 2. The molecule has 1 saturated carbocycles. The van der Waals surface area contributed by atoms with Gasteiger partial charge in [0.2, 0.25) is 10.0 Å². The fraction of sp³-hybridized carbons (Fsp3) is 0.714. The molecule has 2 rings (SSSR count). The van der Waals surface area contributed by atoms with Crippen molar-refractivity contribution < 1.29 is 8.42 Å². The van der Waals surface area contributed by atoms with Gasteiger partial charge in [-0.1, -0.05) is 19.8 Å². The normalized spacial score (nSPS) is 18.5. The minimum Gasteiger partial charge on any atom is -0.315 e. The second kappa shape index (κ2) is 6.56. The van der Waals surface area contributed by atoms with Crippen molar-refractivity contribution in [1.82, 2.24) is 10.0 Å². The second-order valence-electron chi connectivity index (χ2n) is 5.66. The quantitative estimate of drug-likeness (QED) is 0.813. The lowest BCUT2D eigenvalue weighted by atomic mass is 9.84. The molecular weight excluding hydrogens is 292 g/mol. The first-order valence-electron chi connectivity index (χ1n) is 7.23. The topological polar surface area (TPSA) is 58.2 Å². The van der Waals surface area contributed by atoms with Gasteiger partial charge in [-0.2, -0.15) is 0 Å². The molecule has 0 aromatic carbocycles. The van der Waals surface area contributed by atoms with E-state index in [1.807, 2.05) is 7.05 Å². The van der Waals surface area contributed by atoms with Crippen LogP contribution in [0.15, 0.2) is 16.3 Å². The number of thiophene rings is 1. The van der Waals surface area contributed by atoms with Crippen molar-refractivity contribution in [2.24, 2.45) is 5.41 Å². The number of sulfonamides is 1. The van der Waals surface area contributed by atoms with Crippen LogP contribution >= 0.6 is 11.3 Å². The van der Waals surface area contributed by atoms with Gasteiger partial charge in [-0.15, -0.1) is 11.3 Å². The Morgan fingerprint density at radius 2 is 2.05 bits per heavy atom. The highest BCUT2D eigenvalue weighted by Gasteiger charge is 2.33. The minimum atomic E-state index is -3.36. The zero-order valence-electron chi connectivity index (χ0n) is 12.2. The van der Waals surface area contributed by atoms with Gasteiger partial charge in [-0.3, -0.25) is 0 Å². The predicted octanol–water partition coefficient (Wildman–Crippen LogP) is 2.72. The smallest absolute Gasteiger partial charge is 0.241 e. The van der Waals surface area contributed by atoms with E-state index in [0.717, 1.165) is 24.1 Å². The SMILES string of the molecule is CCC1(CNS(=O)(=O)c2csc(CNC)c2)CCCC1. The maximum Gasteiger partial charge on any atom is 0.241 e. The summed E-state index contributed by atoms with van der Waals surface area (Å²) in [5, 5.41) is 4.76. The molecule has 20 heavy (non-hydrogen) atoms. The molecule has 0 amide bonds. The molecule has 1 aliphatic carbocycles. The Balaban J connectivity index is 2.03. The monoisotopic (exact) mass is 316 g/mol. The molecule has 0 aliphatic heterocycles. The third kappa shape index (κ3) is 3.61. The second-order valence-corrected chi connectivity index (χ2v) is 8.43. The van der Waals surface area contributed by atoms with E-state index < -0.39 is 10.0 Å². The summed E-state index contributed by atoms with van der Waals surface area (Å²) in [6, 6.07) is 1.76. The number of hydrogen-bond acceptors (Lipinski definition) is 4. The van der Waals surface area contributed by atoms with Crippen LogP contribution in [-0.2, 0) is 16.6 Å². The molecule has 0 unspecified atom stereocenters. The van der Waals surface area contributed by atoms with Crippen molar-refractivity contribution in [3.63, 3.8) is 0 Å². The highest BCUT2D eigenvalue weighted by Crippen LogP contribution is 2.40. The molecule has 1 aromatic heterocycles. The van der Waals surface area contributed by atoms with Crippen LogP contribution in [0.4, 0.5) is 0 Å². The van der Waals surface area contributed by atoms with E-state index >= 15 is 0 Å². The van der Waals surface area contributed by atoms with Crippen LogP contribution < -0.4 is 10.0 Å². The molecule has 0 bridgehead atoms. The first-order chi connectivity index (χ1) is 9.51. The van der Waals surface area contributed by atoms with Gasteiger partial charge >= 0.3 is 0 Å². The predicted molar refractivity (Wildman–Crippen MR) is 83.5 cm³/mol. The van der Waals surface area contributed by atoms with Crippen LogP contribution in [-0.4, -0.2) is 22.0 Å². The van der Waals surface area contributed by atoms with Gasteiger partial charge < -0.3 is 5.32 Å². The van der Waals surface area contributed by atoms with Gasteiger partial charge in [0.25, 0.3) is 0 Å². The maximum absolute atomic E-state index is 12.3. The Morgan fingerprint density at radius 1 is 1.35 bits per heavy atom. The Hall–Kier alpha value is -0.430. The number of nitrogens with one attached hydrogen (secondary N) is 2. The lowest BCUT2D eigenvalue weighted by molar-refractivity contribution is 0.285. The Morgan fingerprint density at radius 3 is 2.65 bits per heavy atom. The zero-order valence-corrected chi connectivity index (χ0v) is 13.9. The standard InChI is InChI=1S/C14H24N2O2S2/c1-3-14(6-4-5-7-14)11-16-20(17,18)13-8-12(9-15-2)19-10-13/h8,10,15-16H,3-7,9,11H2,1-2H3. The van der Waals surface area contributed by atoms with E-state index in [9.17, 15) is 8.42 Å². The first kappa shape index (κ1) is 15.9. The summed E-state index contributed by atoms with van der Waals surface area (Å²) in [6.07, 6.45) is 5.77. The zero-order chi connectivity index (χ0) is 14.6. The summed E-state index contributed by atoms with van der Waals surface area (Å²) in [5.41, 5.74) is 0.177. The largest absolute Gasteiger partial charge is 0.315 e. The van der Waals surface area contributed by atoms with E-state index in [1.54, 1.807) is 11.4 Å². The van der Waals surface area contributed by atoms with Crippen molar-refractivity contribution in [2.45, 2.75) is 50.5 Å². The van der Waals surface area contributed by atoms with E-state index in [-0.39, 0.29) is 5.41 Å². The molecule has 4 nitrogen and oxygen atoms in total. The molecule has 6 heteroatoms. The van der Waals surface area contributed by atoms with Crippen molar-refractivity contribution in [3.8, 4) is 0 Å². The Kier molecular flexibility index (Phi) is 5.23. The maximum atomic E-state index is 12.3. The van der Waals surface area contributed by atoms with Crippen molar-refractivity contribution in [3.05, 3.63) is 16.3 Å². The van der Waals surface area contributed by atoms with Gasteiger partial charge in [0.05, 0.1) is 4.90 Å².